The zero-order valence-electron chi connectivity index (χ0n) is 17.4. The Morgan fingerprint density at radius 3 is 2.66 bits per heavy atom. The Balaban J connectivity index is 1.86. The fourth-order valence-corrected chi connectivity index (χ4v) is 5.86. The van der Waals surface area contributed by atoms with Gasteiger partial charge in [-0.1, -0.05) is 24.3 Å². The number of nitrogens with zero attached hydrogens (tertiary/aromatic N) is 3. The summed E-state index contributed by atoms with van der Waals surface area (Å²) in [5.41, 5.74) is 9.61. The van der Waals surface area contributed by atoms with E-state index in [9.17, 15) is 13.5 Å². The van der Waals surface area contributed by atoms with Gasteiger partial charge in [0, 0.05) is 17.5 Å². The number of rotatable bonds is 5. The lowest BCUT2D eigenvalue weighted by atomic mass is 10.0. The molecule has 1 aliphatic rings. The number of fused-ring (bicyclic) bond motifs is 3. The summed E-state index contributed by atoms with van der Waals surface area (Å²) >= 11 is 0. The van der Waals surface area contributed by atoms with E-state index in [2.05, 4.69) is 9.97 Å². The molecule has 0 bridgehead atoms. The lowest BCUT2D eigenvalue weighted by Crippen LogP contribution is -2.15. The second-order valence-corrected chi connectivity index (χ2v) is 9.48. The van der Waals surface area contributed by atoms with Crippen molar-refractivity contribution in [1.82, 2.24) is 13.9 Å². The van der Waals surface area contributed by atoms with Gasteiger partial charge in [0.05, 0.1) is 28.9 Å². The summed E-state index contributed by atoms with van der Waals surface area (Å²) in [7, 11) is -2.49. The number of aryl methyl sites for hydroxylation is 1. The average Bonchev–Trinajstić information content (AvgIpc) is 3.40. The van der Waals surface area contributed by atoms with Crippen LogP contribution in [-0.4, -0.2) is 34.6 Å². The van der Waals surface area contributed by atoms with Gasteiger partial charge in [0.1, 0.15) is 6.61 Å². The molecule has 0 unspecified atom stereocenters. The molecule has 32 heavy (non-hydrogen) atoms. The number of nitrogens with two attached hydrogens (primary N) is 1. The summed E-state index contributed by atoms with van der Waals surface area (Å²) in [6, 6.07) is 15.3. The maximum absolute atomic E-state index is 13.8. The van der Waals surface area contributed by atoms with Crippen molar-refractivity contribution in [3.63, 3.8) is 0 Å². The Hall–Kier alpha value is -3.27. The van der Waals surface area contributed by atoms with E-state index in [-0.39, 0.29) is 22.6 Å². The highest BCUT2D eigenvalue weighted by atomic mass is 32.2. The first kappa shape index (κ1) is 20.6. The molecule has 2 aromatic heterocycles. The minimum atomic E-state index is -3.95. The summed E-state index contributed by atoms with van der Waals surface area (Å²) < 4.78 is 34.1. The van der Waals surface area contributed by atoms with E-state index in [1.54, 1.807) is 42.5 Å². The van der Waals surface area contributed by atoms with Gasteiger partial charge in [0.25, 0.3) is 10.0 Å². The summed E-state index contributed by atoms with van der Waals surface area (Å²) in [5.74, 6) is 0.376. The van der Waals surface area contributed by atoms with Crippen molar-refractivity contribution in [3.8, 4) is 17.3 Å². The minimum Gasteiger partial charge on any atom is -0.481 e. The molecule has 0 spiro atoms. The molecule has 0 fully saturated rings. The normalized spacial score (nSPS) is 15.8. The minimum absolute atomic E-state index is 0.0629. The zero-order chi connectivity index (χ0) is 22.5. The maximum atomic E-state index is 13.8. The Kier molecular flexibility index (Phi) is 4.96. The molecular formula is C23H22N4O4S. The van der Waals surface area contributed by atoms with E-state index in [0.29, 0.717) is 16.9 Å². The Bertz CT molecular complexity index is 1410. The molecular weight excluding hydrogens is 428 g/mol. The molecule has 2 aromatic carbocycles. The van der Waals surface area contributed by atoms with Crippen LogP contribution in [0.5, 0.6) is 5.88 Å². The van der Waals surface area contributed by atoms with Crippen LogP contribution < -0.4 is 10.5 Å². The summed E-state index contributed by atoms with van der Waals surface area (Å²) in [6.45, 7) is -0.403. The topological polar surface area (TPSA) is 120 Å². The largest absolute Gasteiger partial charge is 0.481 e. The second-order valence-electron chi connectivity index (χ2n) is 7.69. The molecule has 4 aromatic rings. The van der Waals surface area contributed by atoms with Gasteiger partial charge >= 0.3 is 0 Å². The molecule has 0 aliphatic heterocycles. The molecule has 0 radical (unpaired) electrons. The van der Waals surface area contributed by atoms with Crippen LogP contribution in [0.25, 0.3) is 22.3 Å². The van der Waals surface area contributed by atoms with Gasteiger partial charge < -0.3 is 15.6 Å². The van der Waals surface area contributed by atoms with Crippen molar-refractivity contribution in [1.29, 1.82) is 0 Å². The molecule has 0 amide bonds. The smallest absolute Gasteiger partial charge is 0.268 e. The number of aromatic nitrogens is 3. The van der Waals surface area contributed by atoms with Gasteiger partial charge in [-0.3, -0.25) is 0 Å². The quantitative estimate of drug-likeness (QED) is 0.480. The van der Waals surface area contributed by atoms with E-state index in [1.807, 2.05) is 12.1 Å². The van der Waals surface area contributed by atoms with Crippen molar-refractivity contribution < 1.29 is 18.3 Å². The van der Waals surface area contributed by atoms with Gasteiger partial charge in [0.2, 0.25) is 5.88 Å². The SMILES string of the molecule is COc1cc(-c2cc3c4c(ccc3n2S(=O)(=O)c2ccccc2)[C@H](N)CC4)nc(CO)n1. The monoisotopic (exact) mass is 450 g/mol. The summed E-state index contributed by atoms with van der Waals surface area (Å²) in [4.78, 5) is 8.67. The summed E-state index contributed by atoms with van der Waals surface area (Å²) in [6.07, 6.45) is 1.59. The van der Waals surface area contributed by atoms with Crippen LogP contribution in [0.4, 0.5) is 0 Å². The number of hydrogen-bond donors (Lipinski definition) is 2. The molecule has 164 valence electrons. The lowest BCUT2D eigenvalue weighted by molar-refractivity contribution is 0.268. The van der Waals surface area contributed by atoms with Gasteiger partial charge in [-0.25, -0.2) is 17.4 Å². The van der Waals surface area contributed by atoms with Crippen LogP contribution >= 0.6 is 0 Å². The first-order chi connectivity index (χ1) is 15.4. The van der Waals surface area contributed by atoms with Crippen molar-refractivity contribution >= 4 is 20.9 Å². The highest BCUT2D eigenvalue weighted by Crippen LogP contribution is 2.40. The van der Waals surface area contributed by atoms with Crippen LogP contribution in [0.15, 0.2) is 59.5 Å². The lowest BCUT2D eigenvalue weighted by Gasteiger charge is -2.13. The van der Waals surface area contributed by atoms with Crippen LogP contribution in [0.3, 0.4) is 0 Å². The number of aliphatic hydroxyl groups excluding tert-OH is 1. The third-order valence-corrected chi connectivity index (χ3v) is 7.58. The highest BCUT2D eigenvalue weighted by molar-refractivity contribution is 7.90. The predicted molar refractivity (Wildman–Crippen MR) is 120 cm³/mol. The molecule has 9 heteroatoms. The molecule has 2 heterocycles. The maximum Gasteiger partial charge on any atom is 0.268 e. The van der Waals surface area contributed by atoms with E-state index in [0.717, 1.165) is 29.4 Å². The van der Waals surface area contributed by atoms with Crippen LogP contribution in [0.1, 0.15) is 29.4 Å². The fraction of sp³-hybridized carbons (Fsp3) is 0.217. The molecule has 0 saturated carbocycles. The van der Waals surface area contributed by atoms with E-state index < -0.39 is 16.6 Å². The van der Waals surface area contributed by atoms with Crippen LogP contribution in [0.2, 0.25) is 0 Å². The zero-order valence-corrected chi connectivity index (χ0v) is 18.2. The number of methoxy groups -OCH3 is 1. The van der Waals surface area contributed by atoms with Gasteiger partial charge in [-0.2, -0.15) is 4.98 Å². The second kappa shape index (κ2) is 7.70. The molecule has 8 nitrogen and oxygen atoms in total. The third-order valence-electron chi connectivity index (χ3n) is 5.84. The number of benzene rings is 2. The van der Waals surface area contributed by atoms with Gasteiger partial charge in [-0.05, 0) is 48.2 Å². The van der Waals surface area contributed by atoms with Crippen molar-refractivity contribution in [3.05, 3.63) is 71.5 Å². The van der Waals surface area contributed by atoms with Crippen molar-refractivity contribution in [2.24, 2.45) is 5.73 Å². The molecule has 0 saturated heterocycles. The van der Waals surface area contributed by atoms with Gasteiger partial charge in [-0.15, -0.1) is 0 Å². The van der Waals surface area contributed by atoms with E-state index in [1.165, 1.54) is 11.1 Å². The van der Waals surface area contributed by atoms with Crippen molar-refractivity contribution in [2.75, 3.05) is 7.11 Å². The number of ether oxygens (including phenoxy) is 1. The summed E-state index contributed by atoms with van der Waals surface area (Å²) in [5, 5.41) is 10.4. The Morgan fingerprint density at radius 1 is 1.16 bits per heavy atom. The molecule has 5 rings (SSSR count). The first-order valence-corrected chi connectivity index (χ1v) is 11.6. The standard InChI is InChI=1S/C23H22N4O4S/c1-31-23-12-19(25-22(13-28)26-23)21-11-17-15-7-9-18(24)16(15)8-10-20(17)27(21)32(29,30)14-5-3-2-4-6-14/h2-6,8,10-12,18,28H,7,9,13,24H2,1H3/t18-/m1/s1. The number of aliphatic hydroxyl groups is 1. The Labute approximate surface area is 185 Å². The Morgan fingerprint density at radius 2 is 1.94 bits per heavy atom. The van der Waals surface area contributed by atoms with E-state index in [4.69, 9.17) is 10.5 Å². The molecule has 3 N–H and O–H groups in total. The fourth-order valence-electron chi connectivity index (χ4n) is 4.33. The number of hydrogen-bond acceptors (Lipinski definition) is 7. The molecule has 1 aliphatic carbocycles. The van der Waals surface area contributed by atoms with Crippen LogP contribution in [0, 0.1) is 0 Å². The van der Waals surface area contributed by atoms with Crippen molar-refractivity contribution in [2.45, 2.75) is 30.4 Å². The average molecular weight is 451 g/mol. The van der Waals surface area contributed by atoms with Gasteiger partial charge in [0.15, 0.2) is 5.82 Å². The third kappa shape index (κ3) is 3.17. The van der Waals surface area contributed by atoms with Crippen LogP contribution in [-0.2, 0) is 23.1 Å². The predicted octanol–water partition coefficient (Wildman–Crippen LogP) is 2.78. The molecule has 1 atom stereocenters. The van der Waals surface area contributed by atoms with E-state index >= 15 is 0 Å². The first-order valence-electron chi connectivity index (χ1n) is 10.2. The highest BCUT2D eigenvalue weighted by Gasteiger charge is 2.29.